The lowest BCUT2D eigenvalue weighted by Crippen LogP contribution is -2.35. The van der Waals surface area contributed by atoms with E-state index in [1.807, 2.05) is 44.2 Å². The van der Waals surface area contributed by atoms with Crippen LogP contribution in [0.2, 0.25) is 0 Å². The predicted octanol–water partition coefficient (Wildman–Crippen LogP) is 5.12. The number of rotatable bonds is 11. The number of nitrogens with zero attached hydrogens (tertiary/aromatic N) is 1. The molecular weight excluding hydrogens is 402 g/mol. The van der Waals surface area contributed by atoms with E-state index >= 15 is 0 Å². The number of carbonyl (C=O) groups is 1. The van der Waals surface area contributed by atoms with E-state index < -0.39 is 18.2 Å². The Hall–Kier alpha value is -2.21. The molecule has 174 valence electrons. The summed E-state index contributed by atoms with van der Waals surface area (Å²) < 4.78 is 11.4. The number of hydrogen-bond donors (Lipinski definition) is 1. The van der Waals surface area contributed by atoms with Crippen LogP contribution in [0.5, 0.6) is 0 Å². The molecule has 0 saturated carbocycles. The summed E-state index contributed by atoms with van der Waals surface area (Å²) in [6, 6.07) is 18.5. The van der Waals surface area contributed by atoms with Crippen LogP contribution in [0.25, 0.3) is 0 Å². The molecule has 2 aromatic carbocycles. The number of carboxylic acid groups (broad SMARTS) is 1. The van der Waals surface area contributed by atoms with E-state index in [9.17, 15) is 9.90 Å². The van der Waals surface area contributed by atoms with Crippen LogP contribution >= 0.6 is 0 Å². The Morgan fingerprint density at radius 3 is 2.22 bits per heavy atom. The Labute approximate surface area is 192 Å². The molecule has 0 unspecified atom stereocenters. The summed E-state index contributed by atoms with van der Waals surface area (Å²) in [5.41, 5.74) is 3.32. The number of aliphatic carboxylic acids is 1. The van der Waals surface area contributed by atoms with E-state index in [1.54, 1.807) is 7.11 Å². The Kier molecular flexibility index (Phi) is 9.27. The number of ether oxygens (including phenoxy) is 2. The Morgan fingerprint density at radius 1 is 1.03 bits per heavy atom. The highest BCUT2D eigenvalue weighted by Gasteiger charge is 2.27. The first-order valence-corrected chi connectivity index (χ1v) is 11.7. The molecular formula is C27H37NO4. The van der Waals surface area contributed by atoms with Crippen LogP contribution in [-0.4, -0.2) is 55.4 Å². The van der Waals surface area contributed by atoms with Gasteiger partial charge in [0.1, 0.15) is 6.10 Å². The summed E-state index contributed by atoms with van der Waals surface area (Å²) in [6.07, 6.45) is 1.55. The minimum Gasteiger partial charge on any atom is -0.479 e. The second-order valence-corrected chi connectivity index (χ2v) is 9.16. The molecule has 2 atom stereocenters. The topological polar surface area (TPSA) is 59.0 Å². The molecule has 1 aliphatic heterocycles. The summed E-state index contributed by atoms with van der Waals surface area (Å²) in [5.74, 6) is -0.104. The van der Waals surface area contributed by atoms with Gasteiger partial charge >= 0.3 is 5.97 Å². The first-order valence-electron chi connectivity index (χ1n) is 11.7. The number of hydrogen-bond acceptors (Lipinski definition) is 4. The fraction of sp³-hybridized carbons (Fsp3) is 0.519. The van der Waals surface area contributed by atoms with Crippen molar-refractivity contribution < 1.29 is 19.4 Å². The van der Waals surface area contributed by atoms with Gasteiger partial charge in [-0.1, -0.05) is 68.4 Å². The summed E-state index contributed by atoms with van der Waals surface area (Å²) in [5, 5.41) is 9.72. The molecule has 1 saturated heterocycles. The van der Waals surface area contributed by atoms with E-state index in [1.165, 1.54) is 5.56 Å². The predicted molar refractivity (Wildman–Crippen MR) is 127 cm³/mol. The zero-order valence-electron chi connectivity index (χ0n) is 19.6. The maximum atomic E-state index is 11.8. The maximum absolute atomic E-state index is 11.8. The summed E-state index contributed by atoms with van der Waals surface area (Å²) in [7, 11) is 1.75. The fourth-order valence-corrected chi connectivity index (χ4v) is 4.44. The largest absolute Gasteiger partial charge is 0.479 e. The van der Waals surface area contributed by atoms with E-state index in [0.29, 0.717) is 12.3 Å². The number of likely N-dealkylation sites (tertiary alicyclic amines) is 1. The van der Waals surface area contributed by atoms with Gasteiger partial charge in [0.25, 0.3) is 0 Å². The zero-order valence-corrected chi connectivity index (χ0v) is 19.6. The number of benzene rings is 2. The average molecular weight is 440 g/mol. The highest BCUT2D eigenvalue weighted by molar-refractivity contribution is 5.72. The fourth-order valence-electron chi connectivity index (χ4n) is 4.44. The lowest BCUT2D eigenvalue weighted by Gasteiger charge is -2.32. The van der Waals surface area contributed by atoms with Crippen LogP contribution in [-0.2, 0) is 14.3 Å². The third-order valence-electron chi connectivity index (χ3n) is 6.27. The molecule has 1 fully saturated rings. The SMILES string of the molecule is COCCN1CCC(c2ccc([C@H](O[C@@H](CC(C)C)C(=O)O)c3ccccc3)cc2)CC1. The third-order valence-corrected chi connectivity index (χ3v) is 6.27. The van der Waals surface area contributed by atoms with Crippen molar-refractivity contribution in [2.75, 3.05) is 33.4 Å². The molecule has 3 rings (SSSR count). The van der Waals surface area contributed by atoms with Crippen molar-refractivity contribution in [2.24, 2.45) is 5.92 Å². The van der Waals surface area contributed by atoms with Crippen molar-refractivity contribution in [2.45, 2.75) is 51.2 Å². The lowest BCUT2D eigenvalue weighted by atomic mass is 9.88. The van der Waals surface area contributed by atoms with Gasteiger partial charge in [0, 0.05) is 13.7 Å². The molecule has 2 aromatic rings. The summed E-state index contributed by atoms with van der Waals surface area (Å²) >= 11 is 0. The van der Waals surface area contributed by atoms with Crippen molar-refractivity contribution >= 4 is 5.97 Å². The number of carboxylic acids is 1. The van der Waals surface area contributed by atoms with Gasteiger partial charge < -0.3 is 19.5 Å². The van der Waals surface area contributed by atoms with Crippen LogP contribution < -0.4 is 0 Å². The molecule has 0 aromatic heterocycles. The molecule has 0 radical (unpaired) electrons. The molecule has 1 N–H and O–H groups in total. The van der Waals surface area contributed by atoms with Crippen molar-refractivity contribution in [3.63, 3.8) is 0 Å². The Bertz CT molecular complexity index is 813. The monoisotopic (exact) mass is 439 g/mol. The van der Waals surface area contributed by atoms with E-state index in [2.05, 4.69) is 29.2 Å². The van der Waals surface area contributed by atoms with Crippen molar-refractivity contribution in [1.82, 2.24) is 4.90 Å². The highest BCUT2D eigenvalue weighted by atomic mass is 16.5. The van der Waals surface area contributed by atoms with Gasteiger partial charge in [-0.2, -0.15) is 0 Å². The molecule has 5 heteroatoms. The van der Waals surface area contributed by atoms with Crippen LogP contribution in [0.1, 0.15) is 61.8 Å². The Morgan fingerprint density at radius 2 is 1.66 bits per heavy atom. The lowest BCUT2D eigenvalue weighted by molar-refractivity contribution is -0.154. The molecule has 0 spiro atoms. The minimum atomic E-state index is -0.906. The average Bonchev–Trinajstić information content (AvgIpc) is 2.81. The van der Waals surface area contributed by atoms with E-state index in [0.717, 1.165) is 50.2 Å². The van der Waals surface area contributed by atoms with Crippen molar-refractivity contribution in [1.29, 1.82) is 0 Å². The third kappa shape index (κ3) is 6.89. The molecule has 5 nitrogen and oxygen atoms in total. The molecule has 1 aliphatic rings. The van der Waals surface area contributed by atoms with Gasteiger partial charge in [0.2, 0.25) is 0 Å². The Balaban J connectivity index is 1.74. The van der Waals surface area contributed by atoms with Crippen LogP contribution in [0, 0.1) is 5.92 Å². The van der Waals surface area contributed by atoms with E-state index in [4.69, 9.17) is 9.47 Å². The molecule has 1 heterocycles. The van der Waals surface area contributed by atoms with Crippen LogP contribution in [0.3, 0.4) is 0 Å². The van der Waals surface area contributed by atoms with Gasteiger partial charge in [-0.25, -0.2) is 4.79 Å². The van der Waals surface area contributed by atoms with Crippen molar-refractivity contribution in [3.8, 4) is 0 Å². The van der Waals surface area contributed by atoms with Gasteiger partial charge in [-0.05, 0) is 60.9 Å². The first kappa shape index (κ1) is 24.4. The molecule has 0 bridgehead atoms. The summed E-state index contributed by atoms with van der Waals surface area (Å²) in [4.78, 5) is 14.3. The second kappa shape index (κ2) is 12.1. The molecule has 0 amide bonds. The van der Waals surface area contributed by atoms with Gasteiger partial charge in [0.05, 0.1) is 6.61 Å². The van der Waals surface area contributed by atoms with Crippen LogP contribution in [0.15, 0.2) is 54.6 Å². The second-order valence-electron chi connectivity index (χ2n) is 9.16. The van der Waals surface area contributed by atoms with Crippen LogP contribution in [0.4, 0.5) is 0 Å². The first-order chi connectivity index (χ1) is 15.5. The number of methoxy groups -OCH3 is 1. The van der Waals surface area contributed by atoms with Gasteiger partial charge in [-0.3, -0.25) is 0 Å². The molecule has 32 heavy (non-hydrogen) atoms. The summed E-state index contributed by atoms with van der Waals surface area (Å²) in [6.45, 7) is 8.02. The normalized spacial score (nSPS) is 17.4. The zero-order chi connectivity index (χ0) is 22.9. The maximum Gasteiger partial charge on any atom is 0.332 e. The smallest absolute Gasteiger partial charge is 0.332 e. The number of piperidine rings is 1. The molecule has 0 aliphatic carbocycles. The highest BCUT2D eigenvalue weighted by Crippen LogP contribution is 2.32. The van der Waals surface area contributed by atoms with E-state index in [-0.39, 0.29) is 5.92 Å². The van der Waals surface area contributed by atoms with Gasteiger partial charge in [-0.15, -0.1) is 0 Å². The van der Waals surface area contributed by atoms with Gasteiger partial charge in [0.15, 0.2) is 6.10 Å². The van der Waals surface area contributed by atoms with Crippen molar-refractivity contribution in [3.05, 3.63) is 71.3 Å². The standard InChI is InChI=1S/C27H37NO4/c1-20(2)19-25(27(29)30)32-26(23-7-5-4-6-8-23)24-11-9-21(10-12-24)22-13-15-28(16-14-22)17-18-31-3/h4-12,20,22,25-26H,13-19H2,1-3H3,(H,29,30)/t25-,26+/m0/s1. The minimum absolute atomic E-state index is 0.240. The quantitative estimate of drug-likeness (QED) is 0.527.